The molecule has 3 aromatic carbocycles. The standard InChI is InChI=1S/C25H25N3O4/c1-3-31-23-15-19(13-14-22(23)32-25(30)20-10-5-4-6-11-20)16-27-28-24(29)17-26-21-12-8-7-9-18(21)2/h4-16,26H,3,17H2,1-2H3,(H,28,29)/b27-16-. The normalized spacial score (nSPS) is 10.6. The van der Waals surface area contributed by atoms with Gasteiger partial charge >= 0.3 is 5.97 Å². The van der Waals surface area contributed by atoms with Crippen molar-refractivity contribution in [1.29, 1.82) is 0 Å². The summed E-state index contributed by atoms with van der Waals surface area (Å²) < 4.78 is 11.1. The molecule has 0 radical (unpaired) electrons. The minimum absolute atomic E-state index is 0.0980. The molecular formula is C25H25N3O4. The molecule has 2 N–H and O–H groups in total. The number of hydrogen-bond acceptors (Lipinski definition) is 6. The van der Waals surface area contributed by atoms with Crippen LogP contribution in [-0.2, 0) is 4.79 Å². The number of rotatable bonds is 9. The average molecular weight is 431 g/mol. The number of ether oxygens (including phenoxy) is 2. The highest BCUT2D eigenvalue weighted by atomic mass is 16.6. The van der Waals surface area contributed by atoms with Crippen molar-refractivity contribution in [2.24, 2.45) is 5.10 Å². The molecule has 0 saturated heterocycles. The molecule has 0 saturated carbocycles. The predicted octanol–water partition coefficient (Wildman–Crippen LogP) is 4.18. The maximum absolute atomic E-state index is 12.3. The first-order valence-corrected chi connectivity index (χ1v) is 10.2. The minimum atomic E-state index is -0.471. The van der Waals surface area contributed by atoms with Crippen molar-refractivity contribution >= 4 is 23.8 Å². The second-order valence-electron chi connectivity index (χ2n) is 6.86. The fourth-order valence-electron chi connectivity index (χ4n) is 2.86. The molecule has 1 amide bonds. The first-order valence-electron chi connectivity index (χ1n) is 10.2. The molecule has 0 unspecified atom stereocenters. The van der Waals surface area contributed by atoms with E-state index in [-0.39, 0.29) is 12.5 Å². The lowest BCUT2D eigenvalue weighted by Gasteiger charge is -2.11. The number of nitrogens with zero attached hydrogens (tertiary/aromatic N) is 1. The quantitative estimate of drug-likeness (QED) is 0.230. The molecule has 0 aliphatic carbocycles. The van der Waals surface area contributed by atoms with Gasteiger partial charge in [-0.05, 0) is 61.4 Å². The number of hydrogen-bond donors (Lipinski definition) is 2. The lowest BCUT2D eigenvalue weighted by Crippen LogP contribution is -2.26. The molecule has 164 valence electrons. The van der Waals surface area contributed by atoms with Crippen LogP contribution in [-0.4, -0.2) is 31.2 Å². The molecule has 0 bridgehead atoms. The molecule has 32 heavy (non-hydrogen) atoms. The number of anilines is 1. The van der Waals surface area contributed by atoms with Gasteiger partial charge in [0.2, 0.25) is 0 Å². The van der Waals surface area contributed by atoms with Crippen LogP contribution >= 0.6 is 0 Å². The summed E-state index contributed by atoms with van der Waals surface area (Å²) >= 11 is 0. The number of aryl methyl sites for hydroxylation is 1. The Kier molecular flexibility index (Phi) is 7.97. The van der Waals surface area contributed by atoms with Gasteiger partial charge in [0, 0.05) is 5.69 Å². The third-order valence-corrected chi connectivity index (χ3v) is 4.47. The summed E-state index contributed by atoms with van der Waals surface area (Å²) in [4.78, 5) is 24.4. The van der Waals surface area contributed by atoms with Crippen LogP contribution < -0.4 is 20.2 Å². The van der Waals surface area contributed by atoms with Crippen LogP contribution in [0.15, 0.2) is 77.9 Å². The maximum Gasteiger partial charge on any atom is 0.343 e. The summed E-state index contributed by atoms with van der Waals surface area (Å²) in [5.74, 6) is -0.0260. The van der Waals surface area contributed by atoms with Crippen molar-refractivity contribution in [3.8, 4) is 11.5 Å². The van der Waals surface area contributed by atoms with E-state index in [1.165, 1.54) is 6.21 Å². The molecular weight excluding hydrogens is 406 g/mol. The van der Waals surface area contributed by atoms with Gasteiger partial charge in [-0.25, -0.2) is 10.2 Å². The number of carbonyl (C=O) groups excluding carboxylic acids is 2. The van der Waals surface area contributed by atoms with Crippen molar-refractivity contribution in [3.63, 3.8) is 0 Å². The van der Waals surface area contributed by atoms with Crippen molar-refractivity contribution in [1.82, 2.24) is 5.43 Å². The molecule has 0 atom stereocenters. The number of benzene rings is 3. The molecule has 0 heterocycles. The van der Waals surface area contributed by atoms with Crippen LogP contribution in [0.2, 0.25) is 0 Å². The number of amides is 1. The molecule has 7 nitrogen and oxygen atoms in total. The second-order valence-corrected chi connectivity index (χ2v) is 6.86. The van der Waals surface area contributed by atoms with Crippen molar-refractivity contribution in [3.05, 3.63) is 89.5 Å². The lowest BCUT2D eigenvalue weighted by atomic mass is 10.2. The molecule has 7 heteroatoms. The van der Waals surface area contributed by atoms with Crippen LogP contribution in [0.3, 0.4) is 0 Å². The monoisotopic (exact) mass is 431 g/mol. The molecule has 0 aliphatic rings. The van der Waals surface area contributed by atoms with E-state index >= 15 is 0 Å². The highest BCUT2D eigenvalue weighted by Gasteiger charge is 2.13. The number of hydrazone groups is 1. The minimum Gasteiger partial charge on any atom is -0.490 e. The summed E-state index contributed by atoms with van der Waals surface area (Å²) in [7, 11) is 0. The summed E-state index contributed by atoms with van der Waals surface area (Å²) in [5, 5.41) is 7.06. The number of para-hydroxylation sites is 1. The van der Waals surface area contributed by atoms with E-state index in [9.17, 15) is 9.59 Å². The topological polar surface area (TPSA) is 89.0 Å². The van der Waals surface area contributed by atoms with Crippen LogP contribution in [0.4, 0.5) is 5.69 Å². The van der Waals surface area contributed by atoms with Gasteiger partial charge in [-0.1, -0.05) is 36.4 Å². The molecule has 0 fully saturated rings. The molecule has 3 aromatic rings. The summed E-state index contributed by atoms with van der Waals surface area (Å²) in [5.41, 5.74) is 5.56. The van der Waals surface area contributed by atoms with Gasteiger partial charge in [0.25, 0.3) is 5.91 Å². The molecule has 0 aliphatic heterocycles. The Morgan fingerprint density at radius 1 is 0.969 bits per heavy atom. The van der Waals surface area contributed by atoms with E-state index in [1.807, 2.05) is 44.2 Å². The lowest BCUT2D eigenvalue weighted by molar-refractivity contribution is -0.119. The van der Waals surface area contributed by atoms with Crippen LogP contribution in [0, 0.1) is 6.92 Å². The Balaban J connectivity index is 1.59. The first kappa shape index (κ1) is 22.6. The molecule has 0 aromatic heterocycles. The van der Waals surface area contributed by atoms with E-state index in [0.717, 1.165) is 11.3 Å². The third kappa shape index (κ3) is 6.43. The molecule has 3 rings (SSSR count). The van der Waals surface area contributed by atoms with E-state index in [4.69, 9.17) is 9.47 Å². The SMILES string of the molecule is CCOc1cc(/C=N\NC(=O)CNc2ccccc2C)ccc1OC(=O)c1ccccc1. The Morgan fingerprint density at radius 3 is 2.47 bits per heavy atom. The van der Waals surface area contributed by atoms with E-state index in [0.29, 0.717) is 29.2 Å². The zero-order valence-corrected chi connectivity index (χ0v) is 18.0. The van der Waals surface area contributed by atoms with Gasteiger partial charge in [-0.15, -0.1) is 0 Å². The van der Waals surface area contributed by atoms with Crippen LogP contribution in [0.5, 0.6) is 11.5 Å². The summed E-state index contributed by atoms with van der Waals surface area (Å²) in [6, 6.07) is 21.5. The fraction of sp³-hybridized carbons (Fsp3) is 0.160. The Bertz CT molecular complexity index is 1100. The Morgan fingerprint density at radius 2 is 1.72 bits per heavy atom. The average Bonchev–Trinajstić information content (AvgIpc) is 2.81. The van der Waals surface area contributed by atoms with Gasteiger partial charge < -0.3 is 14.8 Å². The largest absolute Gasteiger partial charge is 0.490 e. The zero-order valence-electron chi connectivity index (χ0n) is 18.0. The van der Waals surface area contributed by atoms with Crippen LogP contribution in [0.25, 0.3) is 0 Å². The number of carbonyl (C=O) groups is 2. The second kappa shape index (κ2) is 11.3. The van der Waals surface area contributed by atoms with Gasteiger partial charge in [-0.3, -0.25) is 4.79 Å². The zero-order chi connectivity index (χ0) is 22.8. The van der Waals surface area contributed by atoms with Crippen molar-refractivity contribution in [2.45, 2.75) is 13.8 Å². The van der Waals surface area contributed by atoms with Gasteiger partial charge in [0.05, 0.1) is 24.9 Å². The van der Waals surface area contributed by atoms with Gasteiger partial charge in [0.1, 0.15) is 0 Å². The number of nitrogens with one attached hydrogen (secondary N) is 2. The van der Waals surface area contributed by atoms with Crippen molar-refractivity contribution in [2.75, 3.05) is 18.5 Å². The Hall–Kier alpha value is -4.13. The number of esters is 1. The van der Waals surface area contributed by atoms with E-state index < -0.39 is 5.97 Å². The predicted molar refractivity (Wildman–Crippen MR) is 124 cm³/mol. The highest BCUT2D eigenvalue weighted by Crippen LogP contribution is 2.29. The van der Waals surface area contributed by atoms with Gasteiger partial charge in [-0.2, -0.15) is 5.10 Å². The third-order valence-electron chi connectivity index (χ3n) is 4.47. The Labute approximate surface area is 187 Å². The maximum atomic E-state index is 12.3. The summed E-state index contributed by atoms with van der Waals surface area (Å²) in [6.45, 7) is 4.30. The smallest absolute Gasteiger partial charge is 0.343 e. The summed E-state index contributed by atoms with van der Waals surface area (Å²) in [6.07, 6.45) is 1.50. The highest BCUT2D eigenvalue weighted by molar-refractivity contribution is 5.91. The fourth-order valence-corrected chi connectivity index (χ4v) is 2.86. The van der Waals surface area contributed by atoms with Crippen LogP contribution in [0.1, 0.15) is 28.4 Å². The van der Waals surface area contributed by atoms with Gasteiger partial charge in [0.15, 0.2) is 11.5 Å². The van der Waals surface area contributed by atoms with E-state index in [1.54, 1.807) is 42.5 Å². The first-order chi connectivity index (χ1) is 15.6. The molecule has 0 spiro atoms. The van der Waals surface area contributed by atoms with E-state index in [2.05, 4.69) is 15.8 Å². The van der Waals surface area contributed by atoms with Crippen molar-refractivity contribution < 1.29 is 19.1 Å².